The number of Topliss-reactive ketones (excluding diaryl/α,β-unsaturated/α-hetero) is 1. The zero-order valence-corrected chi connectivity index (χ0v) is 12.9. The number of anilines is 1. The molecule has 0 unspecified atom stereocenters. The van der Waals surface area contributed by atoms with E-state index >= 15 is 0 Å². The summed E-state index contributed by atoms with van der Waals surface area (Å²) in [5, 5.41) is 7.13. The van der Waals surface area contributed by atoms with E-state index in [1.807, 2.05) is 17.5 Å². The first-order valence-electron chi connectivity index (χ1n) is 6.74. The van der Waals surface area contributed by atoms with Gasteiger partial charge in [-0.1, -0.05) is 6.07 Å². The third-order valence-corrected chi connectivity index (χ3v) is 3.81. The standard InChI is InChI=1S/C16H16N2O3S/c1-11(19)12-4-6-13(7-5-12)18-16(21)10-17-15(20)9-14-3-2-8-22-14/h2-8H,9-10H2,1H3,(H,17,20)(H,18,21). The van der Waals surface area contributed by atoms with E-state index in [1.54, 1.807) is 24.3 Å². The minimum atomic E-state index is -0.310. The van der Waals surface area contributed by atoms with Crippen LogP contribution in [0.4, 0.5) is 5.69 Å². The summed E-state index contributed by atoms with van der Waals surface area (Å²) in [4.78, 5) is 35.5. The molecule has 0 aliphatic carbocycles. The summed E-state index contributed by atoms with van der Waals surface area (Å²) in [7, 11) is 0. The van der Waals surface area contributed by atoms with Crippen molar-refractivity contribution in [3.8, 4) is 0 Å². The SMILES string of the molecule is CC(=O)c1ccc(NC(=O)CNC(=O)Cc2cccs2)cc1. The Morgan fingerprint density at radius 3 is 2.36 bits per heavy atom. The van der Waals surface area contributed by atoms with Crippen molar-refractivity contribution in [3.05, 3.63) is 52.2 Å². The lowest BCUT2D eigenvalue weighted by molar-refractivity contribution is -0.123. The number of benzene rings is 1. The fourth-order valence-corrected chi connectivity index (χ4v) is 2.51. The van der Waals surface area contributed by atoms with Crippen LogP contribution in [0.5, 0.6) is 0 Å². The highest BCUT2D eigenvalue weighted by molar-refractivity contribution is 7.10. The predicted octanol–water partition coefficient (Wildman–Crippen LogP) is 2.25. The van der Waals surface area contributed by atoms with Gasteiger partial charge in [0.25, 0.3) is 0 Å². The van der Waals surface area contributed by atoms with Crippen LogP contribution in [-0.2, 0) is 16.0 Å². The molecule has 22 heavy (non-hydrogen) atoms. The van der Waals surface area contributed by atoms with Crippen LogP contribution in [0.25, 0.3) is 0 Å². The van der Waals surface area contributed by atoms with E-state index in [-0.39, 0.29) is 30.6 Å². The second kappa shape index (κ2) is 7.51. The molecule has 114 valence electrons. The average molecular weight is 316 g/mol. The first-order chi connectivity index (χ1) is 10.5. The molecular weight excluding hydrogens is 300 g/mol. The number of hydrogen-bond acceptors (Lipinski definition) is 4. The van der Waals surface area contributed by atoms with E-state index in [0.29, 0.717) is 11.3 Å². The van der Waals surface area contributed by atoms with Gasteiger partial charge in [-0.05, 0) is 42.6 Å². The van der Waals surface area contributed by atoms with Gasteiger partial charge in [-0.3, -0.25) is 14.4 Å². The number of nitrogens with one attached hydrogen (secondary N) is 2. The lowest BCUT2D eigenvalue weighted by atomic mass is 10.1. The maximum absolute atomic E-state index is 11.7. The van der Waals surface area contributed by atoms with Crippen molar-refractivity contribution >= 4 is 34.6 Å². The Kier molecular flexibility index (Phi) is 5.43. The fourth-order valence-electron chi connectivity index (χ4n) is 1.81. The summed E-state index contributed by atoms with van der Waals surface area (Å²) < 4.78 is 0. The predicted molar refractivity (Wildman–Crippen MR) is 86.1 cm³/mol. The zero-order valence-electron chi connectivity index (χ0n) is 12.1. The Bertz CT molecular complexity index is 663. The fraction of sp³-hybridized carbons (Fsp3) is 0.188. The van der Waals surface area contributed by atoms with Gasteiger partial charge in [0.1, 0.15) is 0 Å². The Balaban J connectivity index is 1.77. The summed E-state index contributed by atoms with van der Waals surface area (Å²) in [6, 6.07) is 10.4. The van der Waals surface area contributed by atoms with Gasteiger partial charge in [-0.25, -0.2) is 0 Å². The summed E-state index contributed by atoms with van der Waals surface area (Å²) in [6.07, 6.45) is 0.276. The van der Waals surface area contributed by atoms with E-state index in [2.05, 4.69) is 10.6 Å². The lowest BCUT2D eigenvalue weighted by Crippen LogP contribution is -2.33. The highest BCUT2D eigenvalue weighted by Gasteiger charge is 2.08. The molecule has 6 heteroatoms. The molecular formula is C16H16N2O3S. The molecule has 0 fully saturated rings. The van der Waals surface area contributed by atoms with Gasteiger partial charge in [0.2, 0.25) is 11.8 Å². The number of carbonyl (C=O) groups excluding carboxylic acids is 3. The molecule has 0 atom stereocenters. The van der Waals surface area contributed by atoms with Crippen molar-refractivity contribution in [1.29, 1.82) is 0 Å². The molecule has 0 aliphatic heterocycles. The van der Waals surface area contributed by atoms with Gasteiger partial charge in [0.15, 0.2) is 5.78 Å². The molecule has 1 aromatic carbocycles. The van der Waals surface area contributed by atoms with Gasteiger partial charge in [-0.15, -0.1) is 11.3 Å². The first-order valence-corrected chi connectivity index (χ1v) is 7.62. The minimum Gasteiger partial charge on any atom is -0.347 e. The van der Waals surface area contributed by atoms with Crippen molar-refractivity contribution in [3.63, 3.8) is 0 Å². The molecule has 0 saturated carbocycles. The highest BCUT2D eigenvalue weighted by Crippen LogP contribution is 2.10. The second-order valence-electron chi connectivity index (χ2n) is 4.71. The Morgan fingerprint density at radius 1 is 1.05 bits per heavy atom. The topological polar surface area (TPSA) is 75.3 Å². The van der Waals surface area contributed by atoms with Crippen molar-refractivity contribution in [1.82, 2.24) is 5.32 Å². The molecule has 0 radical (unpaired) electrons. The van der Waals surface area contributed by atoms with E-state index in [4.69, 9.17) is 0 Å². The highest BCUT2D eigenvalue weighted by atomic mass is 32.1. The number of ketones is 1. The Morgan fingerprint density at radius 2 is 1.77 bits per heavy atom. The number of thiophene rings is 1. The Hall–Kier alpha value is -2.47. The second-order valence-corrected chi connectivity index (χ2v) is 5.75. The van der Waals surface area contributed by atoms with Crippen LogP contribution >= 0.6 is 11.3 Å². The minimum absolute atomic E-state index is 0.0290. The van der Waals surface area contributed by atoms with Crippen molar-refractivity contribution in [2.45, 2.75) is 13.3 Å². The van der Waals surface area contributed by atoms with Crippen LogP contribution in [0.15, 0.2) is 41.8 Å². The third-order valence-electron chi connectivity index (χ3n) is 2.94. The largest absolute Gasteiger partial charge is 0.347 e. The molecule has 2 N–H and O–H groups in total. The Labute approximate surface area is 132 Å². The number of carbonyl (C=O) groups is 3. The van der Waals surface area contributed by atoms with Gasteiger partial charge in [0, 0.05) is 16.1 Å². The summed E-state index contributed by atoms with van der Waals surface area (Å²) in [5.74, 6) is -0.529. The molecule has 0 aliphatic rings. The number of amides is 2. The third kappa shape index (κ3) is 4.82. The average Bonchev–Trinajstić information content (AvgIpc) is 2.98. The molecule has 1 aromatic heterocycles. The lowest BCUT2D eigenvalue weighted by Gasteiger charge is -2.07. The van der Waals surface area contributed by atoms with Crippen LogP contribution < -0.4 is 10.6 Å². The summed E-state index contributed by atoms with van der Waals surface area (Å²) >= 11 is 1.50. The zero-order chi connectivity index (χ0) is 15.9. The smallest absolute Gasteiger partial charge is 0.243 e. The van der Waals surface area contributed by atoms with Crippen LogP contribution in [0.3, 0.4) is 0 Å². The molecule has 2 rings (SSSR count). The maximum atomic E-state index is 11.7. The molecule has 0 spiro atoms. The van der Waals surface area contributed by atoms with Crippen LogP contribution in [0.2, 0.25) is 0 Å². The first kappa shape index (κ1) is 15.9. The van der Waals surface area contributed by atoms with E-state index < -0.39 is 0 Å². The number of hydrogen-bond donors (Lipinski definition) is 2. The maximum Gasteiger partial charge on any atom is 0.243 e. The quantitative estimate of drug-likeness (QED) is 0.803. The molecule has 5 nitrogen and oxygen atoms in total. The van der Waals surface area contributed by atoms with Gasteiger partial charge >= 0.3 is 0 Å². The normalized spacial score (nSPS) is 10.0. The van der Waals surface area contributed by atoms with Gasteiger partial charge in [0.05, 0.1) is 13.0 Å². The number of rotatable bonds is 6. The van der Waals surface area contributed by atoms with Crippen molar-refractivity contribution < 1.29 is 14.4 Å². The van der Waals surface area contributed by atoms with Crippen LogP contribution in [-0.4, -0.2) is 24.1 Å². The van der Waals surface area contributed by atoms with Gasteiger partial charge < -0.3 is 10.6 Å². The molecule has 1 heterocycles. The van der Waals surface area contributed by atoms with E-state index in [1.165, 1.54) is 18.3 Å². The van der Waals surface area contributed by atoms with Crippen LogP contribution in [0.1, 0.15) is 22.2 Å². The summed E-state index contributed by atoms with van der Waals surface area (Å²) in [6.45, 7) is 1.40. The monoisotopic (exact) mass is 316 g/mol. The van der Waals surface area contributed by atoms with E-state index in [0.717, 1.165) is 4.88 Å². The van der Waals surface area contributed by atoms with Gasteiger partial charge in [-0.2, -0.15) is 0 Å². The molecule has 2 aromatic rings. The molecule has 0 saturated heterocycles. The van der Waals surface area contributed by atoms with Crippen LogP contribution in [0, 0.1) is 0 Å². The van der Waals surface area contributed by atoms with E-state index in [9.17, 15) is 14.4 Å². The molecule has 0 bridgehead atoms. The molecule has 2 amide bonds. The van der Waals surface area contributed by atoms with Crippen molar-refractivity contribution in [2.24, 2.45) is 0 Å². The summed E-state index contributed by atoms with van der Waals surface area (Å²) in [5.41, 5.74) is 1.17. The van der Waals surface area contributed by atoms with Crippen molar-refractivity contribution in [2.75, 3.05) is 11.9 Å².